The Hall–Kier alpha value is -1.92. The van der Waals surface area contributed by atoms with Crippen molar-refractivity contribution in [3.63, 3.8) is 0 Å². The summed E-state index contributed by atoms with van der Waals surface area (Å²) in [5, 5.41) is 2.93. The van der Waals surface area contributed by atoms with E-state index in [1.165, 1.54) is 11.3 Å². The molecule has 1 saturated carbocycles. The Morgan fingerprint density at radius 1 is 1.42 bits per heavy atom. The van der Waals surface area contributed by atoms with Crippen LogP contribution in [0.5, 0.6) is 0 Å². The first-order valence-electron chi connectivity index (χ1n) is 7.76. The van der Waals surface area contributed by atoms with Gasteiger partial charge in [0, 0.05) is 22.0 Å². The smallest absolute Gasteiger partial charge is 0.357 e. The SMILES string of the molecule is CCOC(=O)c1csc(CN(C(=O)c2cccc(Cl)c2)C2CC2)n1. The van der Waals surface area contributed by atoms with Gasteiger partial charge in [-0.2, -0.15) is 0 Å². The molecule has 1 aromatic heterocycles. The fourth-order valence-corrected chi connectivity index (χ4v) is 3.32. The summed E-state index contributed by atoms with van der Waals surface area (Å²) in [6.07, 6.45) is 1.98. The lowest BCUT2D eigenvalue weighted by molar-refractivity contribution is 0.0520. The molecule has 1 aliphatic rings. The monoisotopic (exact) mass is 364 g/mol. The minimum absolute atomic E-state index is 0.0621. The molecule has 0 spiro atoms. The number of benzene rings is 1. The van der Waals surface area contributed by atoms with Gasteiger partial charge in [-0.25, -0.2) is 9.78 Å². The lowest BCUT2D eigenvalue weighted by Gasteiger charge is -2.21. The Labute approximate surface area is 149 Å². The highest BCUT2D eigenvalue weighted by atomic mass is 35.5. The predicted molar refractivity (Wildman–Crippen MR) is 92.4 cm³/mol. The fourth-order valence-electron chi connectivity index (χ4n) is 2.37. The second-order valence-corrected chi connectivity index (χ2v) is 6.90. The average molecular weight is 365 g/mol. The second kappa shape index (κ2) is 7.32. The molecule has 1 aromatic carbocycles. The van der Waals surface area contributed by atoms with Gasteiger partial charge in [0.05, 0.1) is 13.2 Å². The molecule has 7 heteroatoms. The van der Waals surface area contributed by atoms with E-state index in [0.717, 1.165) is 17.8 Å². The minimum atomic E-state index is -0.431. The normalized spacial score (nSPS) is 13.6. The number of carbonyl (C=O) groups excluding carboxylic acids is 2. The summed E-state index contributed by atoms with van der Waals surface area (Å²) in [6, 6.07) is 7.17. The minimum Gasteiger partial charge on any atom is -0.461 e. The molecular weight excluding hydrogens is 348 g/mol. The molecule has 0 N–H and O–H groups in total. The maximum absolute atomic E-state index is 12.8. The first-order chi connectivity index (χ1) is 11.6. The molecule has 0 atom stereocenters. The topological polar surface area (TPSA) is 59.5 Å². The van der Waals surface area contributed by atoms with E-state index in [1.807, 2.05) is 0 Å². The van der Waals surface area contributed by atoms with Crippen LogP contribution in [-0.4, -0.2) is 34.4 Å². The maximum atomic E-state index is 12.8. The number of nitrogens with zero attached hydrogens (tertiary/aromatic N) is 2. The fraction of sp³-hybridized carbons (Fsp3) is 0.353. The van der Waals surface area contributed by atoms with Gasteiger partial charge in [0.15, 0.2) is 5.69 Å². The third-order valence-electron chi connectivity index (χ3n) is 3.66. The highest BCUT2D eigenvalue weighted by Gasteiger charge is 2.33. The quantitative estimate of drug-likeness (QED) is 0.732. The third kappa shape index (κ3) is 3.94. The zero-order chi connectivity index (χ0) is 17.1. The molecule has 1 aliphatic carbocycles. The van der Waals surface area contributed by atoms with Gasteiger partial charge < -0.3 is 9.64 Å². The Kier molecular flexibility index (Phi) is 5.16. The molecule has 0 saturated heterocycles. The lowest BCUT2D eigenvalue weighted by atomic mass is 10.2. The lowest BCUT2D eigenvalue weighted by Crippen LogP contribution is -2.32. The van der Waals surface area contributed by atoms with Crippen LogP contribution in [0.15, 0.2) is 29.6 Å². The molecule has 2 aromatic rings. The van der Waals surface area contributed by atoms with E-state index >= 15 is 0 Å². The van der Waals surface area contributed by atoms with Crippen molar-refractivity contribution in [1.29, 1.82) is 0 Å². The Morgan fingerprint density at radius 3 is 2.88 bits per heavy atom. The van der Waals surface area contributed by atoms with Crippen LogP contribution in [-0.2, 0) is 11.3 Å². The molecule has 1 fully saturated rings. The van der Waals surface area contributed by atoms with Crippen LogP contribution in [0.1, 0.15) is 45.6 Å². The van der Waals surface area contributed by atoms with Crippen molar-refractivity contribution < 1.29 is 14.3 Å². The largest absolute Gasteiger partial charge is 0.461 e. The number of ether oxygens (including phenoxy) is 1. The van der Waals surface area contributed by atoms with Crippen LogP contribution in [0.25, 0.3) is 0 Å². The summed E-state index contributed by atoms with van der Waals surface area (Å²) in [7, 11) is 0. The van der Waals surface area contributed by atoms with Gasteiger partial charge in [-0.1, -0.05) is 17.7 Å². The highest BCUT2D eigenvalue weighted by Crippen LogP contribution is 2.30. The second-order valence-electron chi connectivity index (χ2n) is 5.52. The number of halogens is 1. The van der Waals surface area contributed by atoms with E-state index in [9.17, 15) is 9.59 Å². The van der Waals surface area contributed by atoms with Crippen LogP contribution >= 0.6 is 22.9 Å². The number of thiazole rings is 1. The van der Waals surface area contributed by atoms with E-state index in [2.05, 4.69) is 4.98 Å². The maximum Gasteiger partial charge on any atom is 0.357 e. The molecule has 0 radical (unpaired) electrons. The summed E-state index contributed by atoms with van der Waals surface area (Å²) in [5.41, 5.74) is 0.861. The van der Waals surface area contributed by atoms with Gasteiger partial charge >= 0.3 is 5.97 Å². The van der Waals surface area contributed by atoms with Crippen LogP contribution in [0.3, 0.4) is 0 Å². The summed E-state index contributed by atoms with van der Waals surface area (Å²) < 4.78 is 4.95. The molecule has 24 heavy (non-hydrogen) atoms. The Morgan fingerprint density at radius 2 is 2.21 bits per heavy atom. The zero-order valence-electron chi connectivity index (χ0n) is 13.2. The van der Waals surface area contributed by atoms with Crippen LogP contribution < -0.4 is 0 Å². The summed E-state index contributed by atoms with van der Waals surface area (Å²) in [6.45, 7) is 2.46. The highest BCUT2D eigenvalue weighted by molar-refractivity contribution is 7.09. The summed E-state index contributed by atoms with van der Waals surface area (Å²) in [4.78, 5) is 30.6. The van der Waals surface area contributed by atoms with Crippen molar-refractivity contribution in [3.8, 4) is 0 Å². The van der Waals surface area contributed by atoms with E-state index in [0.29, 0.717) is 29.4 Å². The standard InChI is InChI=1S/C17H17ClN2O3S/c1-2-23-17(22)14-10-24-15(19-14)9-20(13-6-7-13)16(21)11-4-3-5-12(18)8-11/h3-5,8,10,13H,2,6-7,9H2,1H3. The van der Waals surface area contributed by atoms with Gasteiger partial charge in [-0.05, 0) is 38.0 Å². The molecule has 3 rings (SSSR count). The molecule has 0 unspecified atom stereocenters. The van der Waals surface area contributed by atoms with Gasteiger partial charge in [0.1, 0.15) is 5.01 Å². The van der Waals surface area contributed by atoms with Gasteiger partial charge in [-0.3, -0.25) is 4.79 Å². The Balaban J connectivity index is 1.75. The molecule has 5 nitrogen and oxygen atoms in total. The van der Waals surface area contributed by atoms with Crippen molar-refractivity contribution in [2.24, 2.45) is 0 Å². The molecule has 1 heterocycles. The van der Waals surface area contributed by atoms with Crippen molar-refractivity contribution in [2.45, 2.75) is 32.4 Å². The molecule has 0 aliphatic heterocycles. The van der Waals surface area contributed by atoms with E-state index in [1.54, 1.807) is 41.5 Å². The van der Waals surface area contributed by atoms with Crippen LogP contribution in [0.2, 0.25) is 5.02 Å². The zero-order valence-corrected chi connectivity index (χ0v) is 14.8. The number of rotatable bonds is 6. The number of esters is 1. The van der Waals surface area contributed by atoms with E-state index in [-0.39, 0.29) is 11.9 Å². The van der Waals surface area contributed by atoms with Crippen molar-refractivity contribution in [1.82, 2.24) is 9.88 Å². The molecular formula is C17H17ClN2O3S. The predicted octanol–water partition coefficient (Wildman–Crippen LogP) is 3.78. The summed E-state index contributed by atoms with van der Waals surface area (Å²) >= 11 is 7.35. The summed E-state index contributed by atoms with van der Waals surface area (Å²) in [5.74, 6) is -0.493. The van der Waals surface area contributed by atoms with Crippen molar-refractivity contribution in [2.75, 3.05) is 6.61 Å². The Bertz CT molecular complexity index is 758. The number of hydrogen-bond acceptors (Lipinski definition) is 5. The molecule has 0 bridgehead atoms. The van der Waals surface area contributed by atoms with Crippen LogP contribution in [0.4, 0.5) is 0 Å². The number of aromatic nitrogens is 1. The van der Waals surface area contributed by atoms with Crippen LogP contribution in [0, 0.1) is 0 Å². The first-order valence-corrected chi connectivity index (χ1v) is 9.02. The molecule has 1 amide bonds. The van der Waals surface area contributed by atoms with Gasteiger partial charge in [0.2, 0.25) is 0 Å². The van der Waals surface area contributed by atoms with Crippen molar-refractivity contribution >= 4 is 34.8 Å². The van der Waals surface area contributed by atoms with E-state index in [4.69, 9.17) is 16.3 Å². The number of amides is 1. The van der Waals surface area contributed by atoms with Gasteiger partial charge in [0.25, 0.3) is 5.91 Å². The van der Waals surface area contributed by atoms with Gasteiger partial charge in [-0.15, -0.1) is 11.3 Å². The van der Waals surface area contributed by atoms with E-state index < -0.39 is 5.97 Å². The first kappa shape index (κ1) is 16.9. The average Bonchev–Trinajstić information content (AvgIpc) is 3.30. The third-order valence-corrected chi connectivity index (χ3v) is 4.73. The van der Waals surface area contributed by atoms with Crippen molar-refractivity contribution in [3.05, 3.63) is 50.9 Å². The number of hydrogen-bond donors (Lipinski definition) is 0. The molecule has 126 valence electrons. The number of carbonyl (C=O) groups is 2.